The van der Waals surface area contributed by atoms with Crippen LogP contribution in [0, 0.1) is 6.92 Å². The van der Waals surface area contributed by atoms with Gasteiger partial charge in [-0.2, -0.15) is 0 Å². The van der Waals surface area contributed by atoms with Gasteiger partial charge in [0.05, 0.1) is 12.2 Å². The standard InChI is InChI=1S/C10H16N4O4/c1-5-4-14(10(17)13-9(5)16)8-2-6(15)7(18-8)3-12-11/h4,6-8,12,15H,2-3,11H2,1H3,(H,13,16,17)/t6-,7+,8+/m0/s1. The van der Waals surface area contributed by atoms with Gasteiger partial charge in [0.2, 0.25) is 0 Å². The lowest BCUT2D eigenvalue weighted by Crippen LogP contribution is -2.37. The van der Waals surface area contributed by atoms with Crippen molar-refractivity contribution in [2.75, 3.05) is 6.54 Å². The molecule has 2 rings (SSSR count). The molecule has 0 radical (unpaired) electrons. The van der Waals surface area contributed by atoms with Crippen molar-refractivity contribution in [3.8, 4) is 0 Å². The molecule has 1 aliphatic rings. The number of nitrogens with one attached hydrogen (secondary N) is 2. The fourth-order valence-corrected chi connectivity index (χ4v) is 1.99. The molecule has 0 aliphatic carbocycles. The second-order valence-corrected chi connectivity index (χ2v) is 4.32. The van der Waals surface area contributed by atoms with Crippen LogP contribution in [-0.2, 0) is 4.74 Å². The van der Waals surface area contributed by atoms with Crippen LogP contribution in [0.1, 0.15) is 18.2 Å². The number of aliphatic hydroxyl groups is 1. The largest absolute Gasteiger partial charge is 0.390 e. The van der Waals surface area contributed by atoms with Gasteiger partial charge in [0.15, 0.2) is 0 Å². The normalized spacial score (nSPS) is 27.6. The summed E-state index contributed by atoms with van der Waals surface area (Å²) in [6.45, 7) is 1.88. The van der Waals surface area contributed by atoms with Gasteiger partial charge in [-0.3, -0.25) is 25.6 Å². The van der Waals surface area contributed by atoms with E-state index in [-0.39, 0.29) is 13.0 Å². The zero-order valence-corrected chi connectivity index (χ0v) is 9.92. The van der Waals surface area contributed by atoms with Crippen molar-refractivity contribution in [2.45, 2.75) is 31.8 Å². The maximum atomic E-state index is 11.7. The maximum Gasteiger partial charge on any atom is 0.330 e. The second kappa shape index (κ2) is 5.02. The first kappa shape index (κ1) is 13.0. The lowest BCUT2D eigenvalue weighted by atomic mass is 10.2. The van der Waals surface area contributed by atoms with E-state index >= 15 is 0 Å². The Morgan fingerprint density at radius 2 is 2.39 bits per heavy atom. The molecule has 1 fully saturated rings. The number of nitrogens with two attached hydrogens (primary N) is 1. The van der Waals surface area contributed by atoms with Crippen LogP contribution in [0.4, 0.5) is 0 Å². The summed E-state index contributed by atoms with van der Waals surface area (Å²) in [6.07, 6.45) is -0.0696. The smallest absolute Gasteiger partial charge is 0.330 e. The minimum Gasteiger partial charge on any atom is -0.390 e. The minimum atomic E-state index is -0.704. The number of aromatic nitrogens is 2. The fraction of sp³-hybridized carbons (Fsp3) is 0.600. The molecule has 3 atom stereocenters. The van der Waals surface area contributed by atoms with E-state index in [0.29, 0.717) is 5.56 Å². The predicted molar refractivity (Wildman–Crippen MR) is 62.8 cm³/mol. The molecule has 0 unspecified atom stereocenters. The van der Waals surface area contributed by atoms with Crippen LogP contribution in [0.3, 0.4) is 0 Å². The van der Waals surface area contributed by atoms with Crippen molar-refractivity contribution in [1.29, 1.82) is 0 Å². The van der Waals surface area contributed by atoms with E-state index in [1.165, 1.54) is 10.8 Å². The van der Waals surface area contributed by atoms with Gasteiger partial charge in [0.25, 0.3) is 5.56 Å². The molecule has 18 heavy (non-hydrogen) atoms. The van der Waals surface area contributed by atoms with Crippen molar-refractivity contribution < 1.29 is 9.84 Å². The molecule has 1 aliphatic heterocycles. The first-order chi connectivity index (χ1) is 8.52. The SMILES string of the molecule is Cc1cn([C@H]2C[C@H](O)[C@@H](CNN)O2)c(=O)[nH]c1=O. The molecule has 0 bridgehead atoms. The number of nitrogens with zero attached hydrogens (tertiary/aromatic N) is 1. The summed E-state index contributed by atoms with van der Waals surface area (Å²) in [6, 6.07) is 0. The van der Waals surface area contributed by atoms with E-state index in [1.54, 1.807) is 6.92 Å². The zero-order chi connectivity index (χ0) is 13.3. The lowest BCUT2D eigenvalue weighted by Gasteiger charge is -2.15. The quantitative estimate of drug-likeness (QED) is 0.365. The summed E-state index contributed by atoms with van der Waals surface area (Å²) < 4.78 is 6.80. The zero-order valence-electron chi connectivity index (χ0n) is 9.92. The summed E-state index contributed by atoms with van der Waals surface area (Å²) in [4.78, 5) is 25.1. The Morgan fingerprint density at radius 3 is 3.06 bits per heavy atom. The number of aliphatic hydroxyl groups excluding tert-OH is 1. The molecule has 8 heteroatoms. The van der Waals surface area contributed by atoms with Crippen molar-refractivity contribution in [3.05, 3.63) is 32.6 Å². The summed E-state index contributed by atoms with van der Waals surface area (Å²) in [5.74, 6) is 5.17. The van der Waals surface area contributed by atoms with Crippen molar-refractivity contribution in [3.63, 3.8) is 0 Å². The van der Waals surface area contributed by atoms with Crippen molar-refractivity contribution in [1.82, 2.24) is 15.0 Å². The summed E-state index contributed by atoms with van der Waals surface area (Å²) in [5.41, 5.74) is 1.85. The monoisotopic (exact) mass is 256 g/mol. The summed E-state index contributed by atoms with van der Waals surface area (Å²) in [5, 5.41) is 9.76. The molecule has 1 aromatic rings. The van der Waals surface area contributed by atoms with Gasteiger partial charge in [0.1, 0.15) is 6.23 Å². The van der Waals surface area contributed by atoms with Gasteiger partial charge in [0, 0.05) is 24.7 Å². The minimum absolute atomic E-state index is 0.276. The van der Waals surface area contributed by atoms with E-state index in [0.717, 1.165) is 0 Å². The van der Waals surface area contributed by atoms with Crippen LogP contribution in [0.5, 0.6) is 0 Å². The average molecular weight is 256 g/mol. The van der Waals surface area contributed by atoms with Crippen LogP contribution in [0.2, 0.25) is 0 Å². The molecule has 100 valence electrons. The number of H-pyrrole nitrogens is 1. The van der Waals surface area contributed by atoms with Gasteiger partial charge in [-0.05, 0) is 6.92 Å². The predicted octanol–water partition coefficient (Wildman–Crippen LogP) is -2.04. The number of aromatic amines is 1. The lowest BCUT2D eigenvalue weighted by molar-refractivity contribution is -0.0192. The first-order valence-electron chi connectivity index (χ1n) is 5.62. The average Bonchev–Trinajstić information content (AvgIpc) is 2.66. The summed E-state index contributed by atoms with van der Waals surface area (Å²) >= 11 is 0. The Bertz CT molecular complexity index is 537. The van der Waals surface area contributed by atoms with Crippen LogP contribution in [0.25, 0.3) is 0 Å². The maximum absolute atomic E-state index is 11.7. The number of aryl methyl sites for hydroxylation is 1. The first-order valence-corrected chi connectivity index (χ1v) is 5.62. The molecule has 2 heterocycles. The highest BCUT2D eigenvalue weighted by Gasteiger charge is 2.35. The summed E-state index contributed by atoms with van der Waals surface area (Å²) in [7, 11) is 0. The number of ether oxygens (including phenoxy) is 1. The fourth-order valence-electron chi connectivity index (χ4n) is 1.99. The van der Waals surface area contributed by atoms with Gasteiger partial charge >= 0.3 is 5.69 Å². The molecule has 8 nitrogen and oxygen atoms in total. The van der Waals surface area contributed by atoms with E-state index in [1.807, 2.05) is 0 Å². The van der Waals surface area contributed by atoms with Crippen LogP contribution in [-0.4, -0.2) is 33.4 Å². The van der Waals surface area contributed by atoms with Crippen LogP contribution < -0.4 is 22.5 Å². The third kappa shape index (κ3) is 2.36. The number of rotatable bonds is 3. The Hall–Kier alpha value is -1.48. The third-order valence-electron chi connectivity index (χ3n) is 2.98. The van der Waals surface area contributed by atoms with Crippen LogP contribution in [0.15, 0.2) is 15.8 Å². The Balaban J connectivity index is 2.26. The molecule has 1 aromatic heterocycles. The molecule has 0 spiro atoms. The Kier molecular flexibility index (Phi) is 3.62. The Morgan fingerprint density at radius 1 is 1.67 bits per heavy atom. The number of hydrogen-bond acceptors (Lipinski definition) is 6. The number of hydrogen-bond donors (Lipinski definition) is 4. The van der Waals surface area contributed by atoms with Gasteiger partial charge in [-0.15, -0.1) is 0 Å². The van der Waals surface area contributed by atoms with Gasteiger partial charge in [-0.25, -0.2) is 4.79 Å². The van der Waals surface area contributed by atoms with E-state index < -0.39 is 29.7 Å². The Labute approximate surface area is 102 Å². The van der Waals surface area contributed by atoms with E-state index in [2.05, 4.69) is 10.4 Å². The topological polar surface area (TPSA) is 122 Å². The van der Waals surface area contributed by atoms with Gasteiger partial charge < -0.3 is 9.84 Å². The van der Waals surface area contributed by atoms with Crippen molar-refractivity contribution >= 4 is 0 Å². The molecule has 1 saturated heterocycles. The highest BCUT2D eigenvalue weighted by atomic mass is 16.5. The van der Waals surface area contributed by atoms with Gasteiger partial charge in [-0.1, -0.05) is 0 Å². The second-order valence-electron chi connectivity index (χ2n) is 4.32. The van der Waals surface area contributed by atoms with Crippen molar-refractivity contribution in [2.24, 2.45) is 5.84 Å². The van der Waals surface area contributed by atoms with E-state index in [9.17, 15) is 14.7 Å². The van der Waals surface area contributed by atoms with E-state index in [4.69, 9.17) is 10.6 Å². The molecular weight excluding hydrogens is 240 g/mol. The molecule has 5 N–H and O–H groups in total. The molecule has 0 aromatic carbocycles. The highest BCUT2D eigenvalue weighted by Crippen LogP contribution is 2.26. The molecule has 0 amide bonds. The molecule has 0 saturated carbocycles. The van der Waals surface area contributed by atoms with Crippen LogP contribution >= 0.6 is 0 Å². The molecular formula is C10H16N4O4. The highest BCUT2D eigenvalue weighted by molar-refractivity contribution is 5.02. The number of hydrazine groups is 1. The third-order valence-corrected chi connectivity index (χ3v) is 2.98.